The van der Waals surface area contributed by atoms with Crippen LogP contribution in [0.5, 0.6) is 0 Å². The Balaban J connectivity index is 2.62. The number of nitrogens with zero attached hydrogens (tertiary/aromatic N) is 1. The van der Waals surface area contributed by atoms with Crippen LogP contribution in [-0.2, 0) is 11.0 Å². The normalized spacial score (nSPS) is 11.8. The maximum atomic E-state index is 12.5. The molecule has 1 aromatic heterocycles. The zero-order valence-electron chi connectivity index (χ0n) is 9.13. The van der Waals surface area contributed by atoms with Gasteiger partial charge in [0.05, 0.1) is 16.6 Å². The molecule has 0 spiro atoms. The minimum Gasteiger partial charge on any atom is -0.329 e. The molecule has 0 unspecified atom stereocenters. The van der Waals surface area contributed by atoms with Gasteiger partial charge >= 0.3 is 6.18 Å². The second-order valence-electron chi connectivity index (χ2n) is 3.66. The van der Waals surface area contributed by atoms with Crippen LogP contribution in [0.25, 0.3) is 11.0 Å². The average molecular weight is 275 g/mol. The summed E-state index contributed by atoms with van der Waals surface area (Å²) in [5, 5.41) is 0. The van der Waals surface area contributed by atoms with E-state index in [0.717, 1.165) is 12.1 Å². The molecular formula is C10H8F3N3OS. The quantitative estimate of drug-likeness (QED) is 0.786. The van der Waals surface area contributed by atoms with E-state index in [2.05, 4.69) is 10.4 Å². The van der Waals surface area contributed by atoms with E-state index in [1.54, 1.807) is 0 Å². The Bertz CT molecular complexity index is 671. The van der Waals surface area contributed by atoms with Gasteiger partial charge in [0, 0.05) is 6.92 Å². The standard InChI is InChI=1S/C10H8F3N3OS/c1-5(17)15-16-8-3-2-6(10(11,12)13)4-7(8)14-9(16)18/h2-4H,1H3,(H,14,18)(H,15,17). The largest absolute Gasteiger partial charge is 0.416 e. The van der Waals surface area contributed by atoms with Crippen molar-refractivity contribution in [1.29, 1.82) is 0 Å². The van der Waals surface area contributed by atoms with Gasteiger partial charge in [0.2, 0.25) is 5.91 Å². The molecule has 2 rings (SSSR count). The number of aromatic nitrogens is 2. The van der Waals surface area contributed by atoms with Gasteiger partial charge in [0.1, 0.15) is 0 Å². The number of carbonyl (C=O) groups excluding carboxylic acids is 1. The summed E-state index contributed by atoms with van der Waals surface area (Å²) >= 11 is 4.92. The fraction of sp³-hybridized carbons (Fsp3) is 0.200. The Morgan fingerprint density at radius 1 is 1.44 bits per heavy atom. The highest BCUT2D eigenvalue weighted by molar-refractivity contribution is 7.71. The number of rotatable bonds is 1. The number of carbonyl (C=O) groups is 1. The van der Waals surface area contributed by atoms with Crippen LogP contribution in [0.15, 0.2) is 18.2 Å². The number of benzene rings is 1. The van der Waals surface area contributed by atoms with Crippen molar-refractivity contribution in [2.24, 2.45) is 0 Å². The molecule has 0 fully saturated rings. The second-order valence-corrected chi connectivity index (χ2v) is 4.05. The Kier molecular flexibility index (Phi) is 2.89. The number of imidazole rings is 1. The number of amides is 1. The van der Waals surface area contributed by atoms with E-state index in [-0.39, 0.29) is 16.2 Å². The summed E-state index contributed by atoms with van der Waals surface area (Å²) in [6, 6.07) is 3.13. The van der Waals surface area contributed by atoms with Crippen LogP contribution in [0.4, 0.5) is 13.2 Å². The summed E-state index contributed by atoms with van der Waals surface area (Å²) < 4.78 is 38.9. The van der Waals surface area contributed by atoms with E-state index in [1.807, 2.05) is 0 Å². The highest BCUT2D eigenvalue weighted by Crippen LogP contribution is 2.31. The van der Waals surface area contributed by atoms with Crippen LogP contribution in [0.1, 0.15) is 12.5 Å². The lowest BCUT2D eigenvalue weighted by atomic mass is 10.2. The van der Waals surface area contributed by atoms with Crippen LogP contribution in [0.3, 0.4) is 0 Å². The van der Waals surface area contributed by atoms with Gasteiger partial charge in [-0.1, -0.05) is 0 Å². The van der Waals surface area contributed by atoms with E-state index >= 15 is 0 Å². The Morgan fingerprint density at radius 2 is 2.11 bits per heavy atom. The maximum absolute atomic E-state index is 12.5. The molecule has 18 heavy (non-hydrogen) atoms. The molecule has 0 bridgehead atoms. The third-order valence-corrected chi connectivity index (χ3v) is 2.56. The summed E-state index contributed by atoms with van der Waals surface area (Å²) in [4.78, 5) is 13.6. The fourth-order valence-corrected chi connectivity index (χ4v) is 1.81. The minimum absolute atomic E-state index is 0.125. The smallest absolute Gasteiger partial charge is 0.329 e. The van der Waals surface area contributed by atoms with Gasteiger partial charge in [-0.2, -0.15) is 13.2 Å². The Morgan fingerprint density at radius 3 is 2.67 bits per heavy atom. The van der Waals surface area contributed by atoms with E-state index in [4.69, 9.17) is 12.2 Å². The van der Waals surface area contributed by atoms with Gasteiger partial charge in [-0.25, -0.2) is 4.68 Å². The van der Waals surface area contributed by atoms with Gasteiger partial charge < -0.3 is 4.98 Å². The lowest BCUT2D eigenvalue weighted by Crippen LogP contribution is -2.19. The van der Waals surface area contributed by atoms with Crippen LogP contribution in [-0.4, -0.2) is 15.6 Å². The van der Waals surface area contributed by atoms with Crippen molar-refractivity contribution in [2.75, 3.05) is 5.43 Å². The lowest BCUT2D eigenvalue weighted by molar-refractivity contribution is -0.137. The van der Waals surface area contributed by atoms with Crippen molar-refractivity contribution in [3.05, 3.63) is 28.5 Å². The summed E-state index contributed by atoms with van der Waals surface area (Å²) in [7, 11) is 0. The fourth-order valence-electron chi connectivity index (χ4n) is 1.56. The number of alkyl halides is 3. The number of aromatic amines is 1. The van der Waals surface area contributed by atoms with Crippen LogP contribution >= 0.6 is 12.2 Å². The van der Waals surface area contributed by atoms with Crippen molar-refractivity contribution < 1.29 is 18.0 Å². The first-order valence-corrected chi connectivity index (χ1v) is 5.29. The van der Waals surface area contributed by atoms with Crippen LogP contribution in [0, 0.1) is 4.77 Å². The summed E-state index contributed by atoms with van der Waals surface area (Å²) in [5.74, 6) is -0.369. The maximum Gasteiger partial charge on any atom is 0.416 e. The first kappa shape index (κ1) is 12.6. The van der Waals surface area contributed by atoms with Crippen molar-refractivity contribution in [1.82, 2.24) is 9.66 Å². The van der Waals surface area contributed by atoms with Crippen molar-refractivity contribution in [3.8, 4) is 0 Å². The molecule has 4 nitrogen and oxygen atoms in total. The zero-order valence-corrected chi connectivity index (χ0v) is 9.95. The van der Waals surface area contributed by atoms with Crippen molar-refractivity contribution >= 4 is 29.2 Å². The molecule has 0 aliphatic carbocycles. The molecule has 0 aliphatic heterocycles. The van der Waals surface area contributed by atoms with Crippen molar-refractivity contribution in [3.63, 3.8) is 0 Å². The molecule has 2 N–H and O–H groups in total. The highest BCUT2D eigenvalue weighted by Gasteiger charge is 2.30. The van der Waals surface area contributed by atoms with E-state index in [0.29, 0.717) is 5.52 Å². The zero-order chi connectivity index (χ0) is 13.5. The number of fused-ring (bicyclic) bond motifs is 1. The Labute approximate surface area is 104 Å². The predicted molar refractivity (Wildman–Crippen MR) is 62.2 cm³/mol. The molecule has 0 saturated carbocycles. The SMILES string of the molecule is CC(=O)Nn1c(=S)[nH]c2cc(C(F)(F)F)ccc21. The van der Waals surface area contributed by atoms with E-state index in [1.165, 1.54) is 17.7 Å². The third kappa shape index (κ3) is 2.23. The Hall–Kier alpha value is -1.83. The average Bonchev–Trinajstić information content (AvgIpc) is 2.53. The van der Waals surface area contributed by atoms with Gasteiger partial charge in [-0.15, -0.1) is 0 Å². The van der Waals surface area contributed by atoms with Crippen LogP contribution < -0.4 is 5.43 Å². The summed E-state index contributed by atoms with van der Waals surface area (Å²) in [6.07, 6.45) is -4.42. The molecule has 96 valence electrons. The van der Waals surface area contributed by atoms with E-state index in [9.17, 15) is 18.0 Å². The monoisotopic (exact) mass is 275 g/mol. The third-order valence-electron chi connectivity index (χ3n) is 2.28. The first-order chi connectivity index (χ1) is 8.29. The minimum atomic E-state index is -4.42. The predicted octanol–water partition coefficient (Wildman–Crippen LogP) is 2.81. The molecule has 1 heterocycles. The molecule has 8 heteroatoms. The molecule has 1 amide bonds. The molecule has 2 aromatic rings. The molecule has 0 aliphatic rings. The number of hydrogen-bond acceptors (Lipinski definition) is 2. The second kappa shape index (κ2) is 4.13. The first-order valence-electron chi connectivity index (χ1n) is 4.88. The van der Waals surface area contributed by atoms with E-state index < -0.39 is 11.7 Å². The van der Waals surface area contributed by atoms with Gasteiger partial charge in [-0.05, 0) is 30.4 Å². The number of nitrogens with one attached hydrogen (secondary N) is 2. The van der Waals surface area contributed by atoms with Gasteiger partial charge in [-0.3, -0.25) is 10.2 Å². The topological polar surface area (TPSA) is 49.8 Å². The molecule has 0 atom stereocenters. The van der Waals surface area contributed by atoms with Crippen molar-refractivity contribution in [2.45, 2.75) is 13.1 Å². The summed E-state index contributed by atoms with van der Waals surface area (Å²) in [6.45, 7) is 1.28. The number of hydrogen-bond donors (Lipinski definition) is 2. The number of halogens is 3. The summed E-state index contributed by atoms with van der Waals surface area (Å²) in [5.41, 5.74) is 2.23. The molecule has 1 aromatic carbocycles. The van der Waals surface area contributed by atoms with Gasteiger partial charge in [0.15, 0.2) is 4.77 Å². The molecule has 0 saturated heterocycles. The molecular weight excluding hydrogens is 267 g/mol. The lowest BCUT2D eigenvalue weighted by Gasteiger charge is -2.07. The van der Waals surface area contributed by atoms with Crippen LogP contribution in [0.2, 0.25) is 0 Å². The molecule has 0 radical (unpaired) electrons. The van der Waals surface area contributed by atoms with Gasteiger partial charge in [0.25, 0.3) is 0 Å². The highest BCUT2D eigenvalue weighted by atomic mass is 32.1. The number of H-pyrrole nitrogens is 1.